The summed E-state index contributed by atoms with van der Waals surface area (Å²) in [6.07, 6.45) is 0. The molecule has 6 nitrogen and oxygen atoms in total. The predicted molar refractivity (Wildman–Crippen MR) is 113 cm³/mol. The average Bonchev–Trinajstić information content (AvgIpc) is 3.27. The number of hydrogen-bond acceptors (Lipinski definition) is 5. The highest BCUT2D eigenvalue weighted by Crippen LogP contribution is 2.23. The van der Waals surface area contributed by atoms with Crippen molar-refractivity contribution in [1.29, 1.82) is 0 Å². The third-order valence-electron chi connectivity index (χ3n) is 4.77. The van der Waals surface area contributed by atoms with Crippen LogP contribution in [0.5, 0.6) is 0 Å². The molecule has 2 aromatic carbocycles. The molecule has 0 bridgehead atoms. The van der Waals surface area contributed by atoms with Gasteiger partial charge in [-0.2, -0.15) is 5.10 Å². The molecular formula is C22H20N4O2S. The molecule has 2 heterocycles. The van der Waals surface area contributed by atoms with Crippen LogP contribution >= 0.6 is 11.3 Å². The molecule has 0 aliphatic carbocycles. The average molecular weight is 404 g/mol. The van der Waals surface area contributed by atoms with E-state index in [9.17, 15) is 9.59 Å². The van der Waals surface area contributed by atoms with Crippen LogP contribution in [0.25, 0.3) is 15.9 Å². The van der Waals surface area contributed by atoms with Crippen LogP contribution in [-0.4, -0.2) is 38.4 Å². The van der Waals surface area contributed by atoms with Gasteiger partial charge in [0.05, 0.1) is 39.4 Å². The highest BCUT2D eigenvalue weighted by atomic mass is 32.1. The van der Waals surface area contributed by atoms with Crippen molar-refractivity contribution in [2.45, 2.75) is 20.4 Å². The van der Waals surface area contributed by atoms with Crippen molar-refractivity contribution < 1.29 is 9.59 Å². The second-order valence-electron chi connectivity index (χ2n) is 6.86. The molecule has 0 saturated heterocycles. The minimum atomic E-state index is -0.567. The summed E-state index contributed by atoms with van der Waals surface area (Å²) in [5, 5.41) is 5.27. The topological polar surface area (TPSA) is 68.1 Å². The molecule has 0 aliphatic rings. The van der Waals surface area contributed by atoms with Crippen molar-refractivity contribution in [2.24, 2.45) is 0 Å². The summed E-state index contributed by atoms with van der Waals surface area (Å²) in [5.74, 6) is -1.12. The van der Waals surface area contributed by atoms with Crippen molar-refractivity contribution in [3.63, 3.8) is 0 Å². The SMILES string of the molecule is Cc1nn(-c2ccccc2)c(C)c1C(=O)C(=O)N(C)Cc1nc2ccccc2s1. The Bertz CT molecular complexity index is 1180. The second kappa shape index (κ2) is 7.60. The molecule has 7 heteroatoms. The maximum Gasteiger partial charge on any atom is 0.295 e. The van der Waals surface area contributed by atoms with Crippen molar-refractivity contribution in [3.8, 4) is 5.69 Å². The Balaban J connectivity index is 1.57. The Morgan fingerprint density at radius 3 is 2.45 bits per heavy atom. The Hall–Kier alpha value is -3.32. The summed E-state index contributed by atoms with van der Waals surface area (Å²) in [6, 6.07) is 17.4. The van der Waals surface area contributed by atoms with Crippen molar-refractivity contribution >= 4 is 33.2 Å². The van der Waals surface area contributed by atoms with Crippen LogP contribution in [0.4, 0.5) is 0 Å². The van der Waals surface area contributed by atoms with E-state index in [4.69, 9.17) is 0 Å². The Morgan fingerprint density at radius 1 is 1.03 bits per heavy atom. The zero-order valence-electron chi connectivity index (χ0n) is 16.4. The number of thiazole rings is 1. The van der Waals surface area contributed by atoms with Crippen molar-refractivity contribution in [1.82, 2.24) is 19.7 Å². The zero-order chi connectivity index (χ0) is 20.5. The van der Waals surface area contributed by atoms with Gasteiger partial charge in [0.25, 0.3) is 11.7 Å². The fourth-order valence-corrected chi connectivity index (χ4v) is 4.36. The normalized spacial score (nSPS) is 11.0. The number of carbonyl (C=O) groups excluding carboxylic acids is 2. The molecule has 2 aromatic heterocycles. The lowest BCUT2D eigenvalue weighted by atomic mass is 10.1. The van der Waals surface area contributed by atoms with Gasteiger partial charge in [-0.1, -0.05) is 30.3 Å². The maximum absolute atomic E-state index is 13.0. The summed E-state index contributed by atoms with van der Waals surface area (Å²) in [6.45, 7) is 3.84. The monoisotopic (exact) mass is 404 g/mol. The predicted octanol–water partition coefficient (Wildman–Crippen LogP) is 3.94. The molecule has 0 aliphatic heterocycles. The minimum Gasteiger partial charge on any atom is -0.332 e. The van der Waals surface area contributed by atoms with Gasteiger partial charge in [0.15, 0.2) is 0 Å². The number of amides is 1. The van der Waals surface area contributed by atoms with Gasteiger partial charge >= 0.3 is 0 Å². The number of fused-ring (bicyclic) bond motifs is 1. The number of carbonyl (C=O) groups is 2. The Morgan fingerprint density at radius 2 is 1.72 bits per heavy atom. The van der Waals surface area contributed by atoms with E-state index in [1.54, 1.807) is 25.6 Å². The lowest BCUT2D eigenvalue weighted by Crippen LogP contribution is -2.33. The quantitative estimate of drug-likeness (QED) is 0.373. The number of aryl methyl sites for hydroxylation is 1. The standard InChI is InChI=1S/C22H20N4O2S/c1-14-20(15(2)26(24-14)16-9-5-4-6-10-16)21(27)22(28)25(3)13-19-23-17-11-7-8-12-18(17)29-19/h4-12H,13H2,1-3H3. The number of benzene rings is 2. The largest absolute Gasteiger partial charge is 0.332 e. The lowest BCUT2D eigenvalue weighted by Gasteiger charge is -2.14. The van der Waals surface area contributed by atoms with Crippen LogP contribution in [0, 0.1) is 13.8 Å². The van der Waals surface area contributed by atoms with Crippen LogP contribution in [0.15, 0.2) is 54.6 Å². The van der Waals surface area contributed by atoms with Crippen molar-refractivity contribution in [2.75, 3.05) is 7.05 Å². The molecule has 0 fully saturated rings. The summed E-state index contributed by atoms with van der Waals surface area (Å²) < 4.78 is 2.76. The molecule has 0 saturated carbocycles. The number of para-hydroxylation sites is 2. The van der Waals surface area contributed by atoms with Crippen LogP contribution in [0.1, 0.15) is 26.8 Å². The van der Waals surface area contributed by atoms with Gasteiger partial charge in [-0.15, -0.1) is 11.3 Å². The summed E-state index contributed by atoms with van der Waals surface area (Å²) >= 11 is 1.53. The molecule has 1 amide bonds. The molecule has 0 spiro atoms. The molecule has 4 aromatic rings. The first kappa shape index (κ1) is 19.0. The van der Waals surface area contributed by atoms with Gasteiger partial charge < -0.3 is 4.90 Å². The Kier molecular flexibility index (Phi) is 4.98. The highest BCUT2D eigenvalue weighted by molar-refractivity contribution is 7.18. The molecule has 4 rings (SSSR count). The van der Waals surface area contributed by atoms with Crippen LogP contribution in [0.3, 0.4) is 0 Å². The van der Waals surface area contributed by atoms with E-state index in [0.717, 1.165) is 20.9 Å². The molecule has 0 unspecified atom stereocenters. The van der Waals surface area contributed by atoms with E-state index < -0.39 is 11.7 Å². The molecular weight excluding hydrogens is 384 g/mol. The number of Topliss-reactive ketones (excluding diaryl/α,β-unsaturated/α-hetero) is 1. The second-order valence-corrected chi connectivity index (χ2v) is 7.97. The van der Waals surface area contributed by atoms with E-state index in [1.165, 1.54) is 16.2 Å². The minimum absolute atomic E-state index is 0.287. The van der Waals surface area contributed by atoms with Gasteiger partial charge in [-0.05, 0) is 38.1 Å². The van der Waals surface area contributed by atoms with Crippen LogP contribution in [0.2, 0.25) is 0 Å². The number of nitrogens with zero attached hydrogens (tertiary/aromatic N) is 4. The number of ketones is 1. The third kappa shape index (κ3) is 3.56. The Labute approximate surface area is 172 Å². The first-order chi connectivity index (χ1) is 14.0. The number of hydrogen-bond donors (Lipinski definition) is 0. The number of aromatic nitrogens is 3. The first-order valence-electron chi connectivity index (χ1n) is 9.21. The van der Waals surface area contributed by atoms with E-state index in [-0.39, 0.29) is 6.54 Å². The first-order valence-corrected chi connectivity index (χ1v) is 10.0. The fourth-order valence-electron chi connectivity index (χ4n) is 3.33. The molecule has 146 valence electrons. The van der Waals surface area contributed by atoms with Gasteiger partial charge in [-0.25, -0.2) is 9.67 Å². The number of likely N-dealkylation sites (N-methyl/N-ethyl adjacent to an activating group) is 1. The zero-order valence-corrected chi connectivity index (χ0v) is 17.2. The molecule has 0 radical (unpaired) electrons. The van der Waals surface area contributed by atoms with E-state index >= 15 is 0 Å². The smallest absolute Gasteiger partial charge is 0.295 e. The molecule has 29 heavy (non-hydrogen) atoms. The van der Waals surface area contributed by atoms with E-state index in [1.807, 2.05) is 54.6 Å². The molecule has 0 atom stereocenters. The van der Waals surface area contributed by atoms with E-state index in [0.29, 0.717) is 17.0 Å². The molecule has 0 N–H and O–H groups in total. The van der Waals surface area contributed by atoms with Gasteiger partial charge in [0.1, 0.15) is 5.01 Å². The summed E-state index contributed by atoms with van der Waals surface area (Å²) in [5.41, 5.74) is 3.30. The van der Waals surface area contributed by atoms with Gasteiger partial charge in [0.2, 0.25) is 0 Å². The maximum atomic E-state index is 13.0. The van der Waals surface area contributed by atoms with E-state index in [2.05, 4.69) is 10.1 Å². The fraction of sp³-hybridized carbons (Fsp3) is 0.182. The van der Waals surface area contributed by atoms with Gasteiger partial charge in [-0.3, -0.25) is 9.59 Å². The summed E-state index contributed by atoms with van der Waals surface area (Å²) in [4.78, 5) is 31.8. The number of rotatable bonds is 5. The highest BCUT2D eigenvalue weighted by Gasteiger charge is 2.27. The lowest BCUT2D eigenvalue weighted by molar-refractivity contribution is -0.125. The van der Waals surface area contributed by atoms with Crippen LogP contribution in [-0.2, 0) is 11.3 Å². The van der Waals surface area contributed by atoms with Crippen molar-refractivity contribution in [3.05, 3.63) is 76.6 Å². The van der Waals surface area contributed by atoms with Crippen LogP contribution < -0.4 is 0 Å². The van der Waals surface area contributed by atoms with Gasteiger partial charge in [0, 0.05) is 7.05 Å². The third-order valence-corrected chi connectivity index (χ3v) is 5.79. The summed E-state index contributed by atoms with van der Waals surface area (Å²) in [7, 11) is 1.62.